The summed E-state index contributed by atoms with van der Waals surface area (Å²) in [6.45, 7) is 2.16. The van der Waals surface area contributed by atoms with Gasteiger partial charge in [0.2, 0.25) is 5.91 Å². The maximum atomic E-state index is 11.9. The molecule has 2 rings (SSSR count). The molecule has 0 atom stereocenters. The van der Waals surface area contributed by atoms with Crippen LogP contribution in [-0.4, -0.2) is 64.7 Å². The number of anilines is 1. The fourth-order valence-electron chi connectivity index (χ4n) is 1.71. The van der Waals surface area contributed by atoms with Gasteiger partial charge in [-0.25, -0.2) is 14.8 Å². The van der Waals surface area contributed by atoms with Gasteiger partial charge in [-0.15, -0.1) is 0 Å². The van der Waals surface area contributed by atoms with Crippen molar-refractivity contribution in [1.82, 2.24) is 14.9 Å². The molecule has 0 aliphatic carbocycles. The summed E-state index contributed by atoms with van der Waals surface area (Å²) in [5, 5.41) is 11.7. The molecule has 2 heterocycles. The molecule has 1 amide bonds. The number of rotatable bonds is 4. The third-order valence-electron chi connectivity index (χ3n) is 2.71. The van der Waals surface area contributed by atoms with Crippen LogP contribution < -0.4 is 5.32 Å². The van der Waals surface area contributed by atoms with Gasteiger partial charge >= 0.3 is 5.97 Å². The highest BCUT2D eigenvalue weighted by Crippen LogP contribution is 2.09. The summed E-state index contributed by atoms with van der Waals surface area (Å²) in [6.07, 6.45) is 2.42. The molecule has 19 heavy (non-hydrogen) atoms. The number of nitrogens with zero attached hydrogens (tertiary/aromatic N) is 3. The summed E-state index contributed by atoms with van der Waals surface area (Å²) in [6, 6.07) is 0. The molecular formula is C11H14N4O4. The number of carbonyl (C=O) groups is 2. The predicted molar refractivity (Wildman–Crippen MR) is 64.9 cm³/mol. The quantitative estimate of drug-likeness (QED) is 0.753. The zero-order valence-corrected chi connectivity index (χ0v) is 10.2. The van der Waals surface area contributed by atoms with Crippen molar-refractivity contribution >= 4 is 17.7 Å². The molecule has 1 fully saturated rings. The minimum absolute atomic E-state index is 0.00269. The lowest BCUT2D eigenvalue weighted by atomic mass is 10.3. The average Bonchev–Trinajstić information content (AvgIpc) is 2.46. The fraction of sp³-hybridized carbons (Fsp3) is 0.455. The standard InChI is InChI=1S/C11H14N4O4/c16-9(15-1-3-19-4-2-15)6-13-10-8(11(17)18)5-12-7-14-10/h5,7H,1-4,6H2,(H,17,18)(H,12,13,14). The topological polar surface area (TPSA) is 105 Å². The first kappa shape index (κ1) is 13.2. The Hall–Kier alpha value is -2.22. The number of carboxylic acids is 1. The number of carboxylic acid groups (broad SMARTS) is 1. The highest BCUT2D eigenvalue weighted by molar-refractivity contribution is 5.93. The third-order valence-corrected chi connectivity index (χ3v) is 2.71. The molecule has 2 N–H and O–H groups in total. The van der Waals surface area contributed by atoms with Crippen molar-refractivity contribution in [3.8, 4) is 0 Å². The monoisotopic (exact) mass is 266 g/mol. The predicted octanol–water partition coefficient (Wildman–Crippen LogP) is -0.554. The summed E-state index contributed by atoms with van der Waals surface area (Å²) in [5.74, 6) is -1.11. The zero-order chi connectivity index (χ0) is 13.7. The summed E-state index contributed by atoms with van der Waals surface area (Å²) in [7, 11) is 0. The smallest absolute Gasteiger partial charge is 0.341 e. The molecular weight excluding hydrogens is 252 g/mol. The number of aromatic carboxylic acids is 1. The molecule has 0 unspecified atom stereocenters. The number of hydrogen-bond donors (Lipinski definition) is 2. The first-order chi connectivity index (χ1) is 9.18. The largest absolute Gasteiger partial charge is 0.477 e. The molecule has 8 heteroatoms. The van der Waals surface area contributed by atoms with Gasteiger partial charge in [-0.3, -0.25) is 4.79 Å². The third kappa shape index (κ3) is 3.38. The summed E-state index contributed by atoms with van der Waals surface area (Å²) in [5.41, 5.74) is -0.0581. The van der Waals surface area contributed by atoms with E-state index in [1.165, 1.54) is 12.5 Å². The average molecular weight is 266 g/mol. The Balaban J connectivity index is 1.94. The Morgan fingerprint density at radius 1 is 1.42 bits per heavy atom. The van der Waals surface area contributed by atoms with Crippen molar-refractivity contribution in [2.45, 2.75) is 0 Å². The number of aromatic nitrogens is 2. The minimum Gasteiger partial charge on any atom is -0.477 e. The second-order valence-corrected chi connectivity index (χ2v) is 3.94. The molecule has 1 aliphatic rings. The maximum Gasteiger partial charge on any atom is 0.341 e. The van der Waals surface area contributed by atoms with E-state index in [4.69, 9.17) is 9.84 Å². The van der Waals surface area contributed by atoms with Gasteiger partial charge in [0, 0.05) is 19.3 Å². The van der Waals surface area contributed by atoms with Crippen molar-refractivity contribution in [3.63, 3.8) is 0 Å². The molecule has 1 aliphatic heterocycles. The van der Waals surface area contributed by atoms with Gasteiger partial charge in [0.25, 0.3) is 0 Å². The van der Waals surface area contributed by atoms with Gasteiger partial charge in [-0.05, 0) is 0 Å². The van der Waals surface area contributed by atoms with Gasteiger partial charge in [-0.1, -0.05) is 0 Å². The SMILES string of the molecule is O=C(O)c1cncnc1NCC(=O)N1CCOCC1. The van der Waals surface area contributed by atoms with Crippen LogP contribution >= 0.6 is 0 Å². The van der Waals surface area contributed by atoms with Gasteiger partial charge in [-0.2, -0.15) is 0 Å². The van der Waals surface area contributed by atoms with Crippen LogP contribution in [0, 0.1) is 0 Å². The summed E-state index contributed by atoms with van der Waals surface area (Å²) in [4.78, 5) is 31.9. The van der Waals surface area contributed by atoms with Crippen LogP contribution in [0.4, 0.5) is 5.82 Å². The van der Waals surface area contributed by atoms with E-state index in [9.17, 15) is 9.59 Å². The molecule has 102 valence electrons. The van der Waals surface area contributed by atoms with Crippen molar-refractivity contribution < 1.29 is 19.4 Å². The Labute approximate surface area is 109 Å². The van der Waals surface area contributed by atoms with E-state index in [1.807, 2.05) is 0 Å². The highest BCUT2D eigenvalue weighted by atomic mass is 16.5. The van der Waals surface area contributed by atoms with Crippen molar-refractivity contribution in [3.05, 3.63) is 18.1 Å². The lowest BCUT2D eigenvalue weighted by Crippen LogP contribution is -2.43. The Morgan fingerprint density at radius 2 is 2.16 bits per heavy atom. The molecule has 1 aromatic heterocycles. The van der Waals surface area contributed by atoms with E-state index in [1.54, 1.807) is 4.90 Å². The molecule has 1 aromatic rings. The van der Waals surface area contributed by atoms with Crippen LogP contribution in [0.1, 0.15) is 10.4 Å². The second kappa shape index (κ2) is 6.10. The maximum absolute atomic E-state index is 11.9. The molecule has 0 aromatic carbocycles. The van der Waals surface area contributed by atoms with Crippen molar-refractivity contribution in [2.75, 3.05) is 38.2 Å². The molecule has 0 spiro atoms. The lowest BCUT2D eigenvalue weighted by molar-refractivity contribution is -0.133. The van der Waals surface area contributed by atoms with Crippen molar-refractivity contribution in [2.24, 2.45) is 0 Å². The van der Waals surface area contributed by atoms with Crippen molar-refractivity contribution in [1.29, 1.82) is 0 Å². The van der Waals surface area contributed by atoms with Crippen LogP contribution in [0.2, 0.25) is 0 Å². The van der Waals surface area contributed by atoms with E-state index in [0.717, 1.165) is 0 Å². The molecule has 0 saturated carbocycles. The minimum atomic E-state index is -1.14. The number of morpholine rings is 1. The van der Waals surface area contributed by atoms with Crippen LogP contribution in [0.5, 0.6) is 0 Å². The van der Waals surface area contributed by atoms with E-state index in [-0.39, 0.29) is 23.8 Å². The molecule has 8 nitrogen and oxygen atoms in total. The number of ether oxygens (including phenoxy) is 1. The van der Waals surface area contributed by atoms with Gasteiger partial charge in [0.05, 0.1) is 19.8 Å². The number of amides is 1. The van der Waals surface area contributed by atoms with Crippen LogP contribution in [0.25, 0.3) is 0 Å². The first-order valence-corrected chi connectivity index (χ1v) is 5.81. The first-order valence-electron chi connectivity index (χ1n) is 5.81. The van der Waals surface area contributed by atoms with E-state index >= 15 is 0 Å². The summed E-state index contributed by atoms with van der Waals surface area (Å²) >= 11 is 0. The van der Waals surface area contributed by atoms with Gasteiger partial charge in [0.15, 0.2) is 0 Å². The Bertz CT molecular complexity index is 474. The van der Waals surface area contributed by atoms with E-state index in [0.29, 0.717) is 26.3 Å². The fourth-order valence-corrected chi connectivity index (χ4v) is 1.71. The molecule has 1 saturated heterocycles. The molecule has 0 bridgehead atoms. The van der Waals surface area contributed by atoms with E-state index in [2.05, 4.69) is 15.3 Å². The Morgan fingerprint density at radius 3 is 2.84 bits per heavy atom. The summed E-state index contributed by atoms with van der Waals surface area (Å²) < 4.78 is 5.15. The lowest BCUT2D eigenvalue weighted by Gasteiger charge is -2.27. The van der Waals surface area contributed by atoms with E-state index < -0.39 is 5.97 Å². The highest BCUT2D eigenvalue weighted by Gasteiger charge is 2.18. The van der Waals surface area contributed by atoms with Crippen LogP contribution in [-0.2, 0) is 9.53 Å². The number of hydrogen-bond acceptors (Lipinski definition) is 6. The second-order valence-electron chi connectivity index (χ2n) is 3.94. The van der Waals surface area contributed by atoms with Gasteiger partial charge in [0.1, 0.15) is 17.7 Å². The normalized spacial score (nSPS) is 15.1. The van der Waals surface area contributed by atoms with Crippen LogP contribution in [0.3, 0.4) is 0 Å². The number of carbonyl (C=O) groups excluding carboxylic acids is 1. The van der Waals surface area contributed by atoms with Crippen LogP contribution in [0.15, 0.2) is 12.5 Å². The Kier molecular flexibility index (Phi) is 4.24. The number of nitrogens with one attached hydrogen (secondary N) is 1. The molecule has 0 radical (unpaired) electrons. The zero-order valence-electron chi connectivity index (χ0n) is 10.2. The van der Waals surface area contributed by atoms with Gasteiger partial charge < -0.3 is 20.1 Å².